The van der Waals surface area contributed by atoms with Crippen LogP contribution >= 0.6 is 0 Å². The van der Waals surface area contributed by atoms with Crippen LogP contribution in [0, 0.1) is 5.92 Å². The Kier molecular flexibility index (Phi) is 4.57. The van der Waals surface area contributed by atoms with Crippen molar-refractivity contribution in [2.24, 2.45) is 5.92 Å². The first kappa shape index (κ1) is 15.0. The number of amides is 2. The zero-order chi connectivity index (χ0) is 15.4. The molecular weight excluding hydrogens is 272 g/mol. The van der Waals surface area contributed by atoms with E-state index in [1.54, 1.807) is 11.9 Å². The van der Waals surface area contributed by atoms with Crippen molar-refractivity contribution in [3.05, 3.63) is 30.3 Å². The highest BCUT2D eigenvalue weighted by atomic mass is 16.4. The Morgan fingerprint density at radius 2 is 2.00 bits per heavy atom. The summed E-state index contributed by atoms with van der Waals surface area (Å²) in [5.41, 5.74) is 0.780. The fourth-order valence-electron chi connectivity index (χ4n) is 2.47. The average molecular weight is 290 g/mol. The number of aliphatic carboxylic acids is 1. The van der Waals surface area contributed by atoms with E-state index < -0.39 is 5.97 Å². The molecule has 1 fully saturated rings. The van der Waals surface area contributed by atoms with Crippen LogP contribution in [0.3, 0.4) is 0 Å². The fourth-order valence-corrected chi connectivity index (χ4v) is 2.47. The number of para-hydroxylation sites is 1. The van der Waals surface area contributed by atoms with Crippen LogP contribution in [-0.2, 0) is 14.4 Å². The van der Waals surface area contributed by atoms with Gasteiger partial charge in [-0.1, -0.05) is 18.2 Å². The molecule has 0 spiro atoms. The minimum absolute atomic E-state index is 0.0727. The molecule has 1 aliphatic rings. The Balaban J connectivity index is 1.99. The van der Waals surface area contributed by atoms with Crippen LogP contribution in [0.2, 0.25) is 0 Å². The van der Waals surface area contributed by atoms with E-state index in [9.17, 15) is 14.4 Å². The van der Waals surface area contributed by atoms with Gasteiger partial charge < -0.3 is 14.9 Å². The van der Waals surface area contributed by atoms with Crippen LogP contribution in [0.1, 0.15) is 12.8 Å². The van der Waals surface area contributed by atoms with Crippen LogP contribution in [0.15, 0.2) is 30.3 Å². The van der Waals surface area contributed by atoms with E-state index >= 15 is 0 Å². The largest absolute Gasteiger partial charge is 0.480 e. The summed E-state index contributed by atoms with van der Waals surface area (Å²) >= 11 is 0. The number of rotatable bonds is 4. The van der Waals surface area contributed by atoms with Gasteiger partial charge in [0.05, 0.1) is 0 Å². The summed E-state index contributed by atoms with van der Waals surface area (Å²) in [4.78, 5) is 37.8. The third-order valence-electron chi connectivity index (χ3n) is 3.67. The van der Waals surface area contributed by atoms with E-state index in [4.69, 9.17) is 5.11 Å². The molecule has 2 amide bonds. The van der Waals surface area contributed by atoms with Gasteiger partial charge in [0.2, 0.25) is 11.8 Å². The molecule has 1 aromatic carbocycles. The molecule has 0 saturated carbocycles. The van der Waals surface area contributed by atoms with Crippen molar-refractivity contribution in [2.75, 3.05) is 25.0 Å². The van der Waals surface area contributed by atoms with Crippen LogP contribution < -0.4 is 4.90 Å². The highest BCUT2D eigenvalue weighted by molar-refractivity contribution is 5.97. The molecule has 1 aromatic rings. The van der Waals surface area contributed by atoms with Crippen LogP contribution in [0.25, 0.3) is 0 Å². The van der Waals surface area contributed by atoms with Gasteiger partial charge in [-0.3, -0.25) is 14.4 Å². The summed E-state index contributed by atoms with van der Waals surface area (Å²) in [6.07, 6.45) is 0.568. The van der Waals surface area contributed by atoms with Crippen molar-refractivity contribution in [2.45, 2.75) is 12.8 Å². The Bertz CT molecular complexity index is 544. The fraction of sp³-hybridized carbons (Fsp3) is 0.400. The summed E-state index contributed by atoms with van der Waals surface area (Å²) in [6, 6.07) is 9.23. The lowest BCUT2D eigenvalue weighted by atomic mass is 9.94. The second-order valence-corrected chi connectivity index (χ2v) is 5.13. The van der Waals surface area contributed by atoms with Crippen LogP contribution in [0.4, 0.5) is 5.69 Å². The molecule has 6 heteroatoms. The second-order valence-electron chi connectivity index (χ2n) is 5.13. The van der Waals surface area contributed by atoms with Crippen LogP contribution in [-0.4, -0.2) is 47.9 Å². The molecule has 1 heterocycles. The van der Waals surface area contributed by atoms with E-state index in [-0.39, 0.29) is 30.7 Å². The van der Waals surface area contributed by atoms with Gasteiger partial charge in [-0.25, -0.2) is 0 Å². The van der Waals surface area contributed by atoms with Crippen LogP contribution in [0.5, 0.6) is 0 Å². The maximum absolute atomic E-state index is 12.4. The van der Waals surface area contributed by atoms with Gasteiger partial charge in [0, 0.05) is 31.6 Å². The molecule has 0 aromatic heterocycles. The Labute approximate surface area is 123 Å². The molecule has 0 bridgehead atoms. The van der Waals surface area contributed by atoms with Gasteiger partial charge in [0.1, 0.15) is 6.54 Å². The molecule has 2 rings (SSSR count). The number of hydrogen-bond acceptors (Lipinski definition) is 3. The number of anilines is 1. The van der Waals surface area contributed by atoms with E-state index in [0.29, 0.717) is 13.0 Å². The number of carboxylic acids is 1. The molecule has 6 nitrogen and oxygen atoms in total. The number of carbonyl (C=O) groups is 3. The first-order valence-corrected chi connectivity index (χ1v) is 6.81. The van der Waals surface area contributed by atoms with Gasteiger partial charge in [-0.05, 0) is 18.6 Å². The summed E-state index contributed by atoms with van der Waals surface area (Å²) in [5, 5.41) is 8.73. The topological polar surface area (TPSA) is 77.9 Å². The molecule has 21 heavy (non-hydrogen) atoms. The van der Waals surface area contributed by atoms with E-state index in [1.807, 2.05) is 30.3 Å². The van der Waals surface area contributed by atoms with Crippen molar-refractivity contribution >= 4 is 23.5 Å². The third-order valence-corrected chi connectivity index (χ3v) is 3.67. The molecule has 1 N–H and O–H groups in total. The van der Waals surface area contributed by atoms with Gasteiger partial charge in [0.15, 0.2) is 0 Å². The SMILES string of the molecule is CN(C(=O)C1CCN(CC(=O)O)C(=O)C1)c1ccccc1. The van der Waals surface area contributed by atoms with Gasteiger partial charge >= 0.3 is 5.97 Å². The molecule has 1 aliphatic heterocycles. The predicted octanol–water partition coefficient (Wildman–Crippen LogP) is 0.973. The Morgan fingerprint density at radius 3 is 2.57 bits per heavy atom. The van der Waals surface area contributed by atoms with E-state index in [2.05, 4.69) is 0 Å². The summed E-state index contributed by atoms with van der Waals surface area (Å²) < 4.78 is 0. The zero-order valence-corrected chi connectivity index (χ0v) is 11.9. The number of benzene rings is 1. The lowest BCUT2D eigenvalue weighted by Crippen LogP contribution is -2.46. The lowest BCUT2D eigenvalue weighted by molar-refractivity contribution is -0.147. The molecule has 1 unspecified atom stereocenters. The molecular formula is C15H18N2O4. The number of carboxylic acid groups (broad SMARTS) is 1. The Hall–Kier alpha value is -2.37. The lowest BCUT2D eigenvalue weighted by Gasteiger charge is -2.32. The summed E-state index contributed by atoms with van der Waals surface area (Å²) in [7, 11) is 1.69. The van der Waals surface area contributed by atoms with Gasteiger partial charge in [-0.2, -0.15) is 0 Å². The van der Waals surface area contributed by atoms with E-state index in [0.717, 1.165) is 5.69 Å². The minimum atomic E-state index is -1.03. The second kappa shape index (κ2) is 6.39. The quantitative estimate of drug-likeness (QED) is 0.896. The maximum Gasteiger partial charge on any atom is 0.323 e. The number of likely N-dealkylation sites (tertiary alicyclic amines) is 1. The van der Waals surface area contributed by atoms with Crippen molar-refractivity contribution in [3.8, 4) is 0 Å². The maximum atomic E-state index is 12.4. The van der Waals surface area contributed by atoms with Crippen molar-refractivity contribution in [3.63, 3.8) is 0 Å². The number of nitrogens with zero attached hydrogens (tertiary/aromatic N) is 2. The number of carbonyl (C=O) groups excluding carboxylic acids is 2. The summed E-state index contributed by atoms with van der Waals surface area (Å²) in [5.74, 6) is -1.80. The van der Waals surface area contributed by atoms with Crippen molar-refractivity contribution in [1.82, 2.24) is 4.90 Å². The standard InChI is InChI=1S/C15H18N2O4/c1-16(12-5-3-2-4-6-12)15(21)11-7-8-17(10-14(19)20)13(18)9-11/h2-6,11H,7-10H2,1H3,(H,19,20). The van der Waals surface area contributed by atoms with Gasteiger partial charge in [-0.15, -0.1) is 0 Å². The third kappa shape index (κ3) is 3.59. The summed E-state index contributed by atoms with van der Waals surface area (Å²) in [6.45, 7) is 0.0123. The highest BCUT2D eigenvalue weighted by Gasteiger charge is 2.32. The monoisotopic (exact) mass is 290 g/mol. The van der Waals surface area contributed by atoms with E-state index in [1.165, 1.54) is 4.90 Å². The molecule has 1 saturated heterocycles. The van der Waals surface area contributed by atoms with Gasteiger partial charge in [0.25, 0.3) is 0 Å². The molecule has 0 radical (unpaired) electrons. The molecule has 112 valence electrons. The highest BCUT2D eigenvalue weighted by Crippen LogP contribution is 2.23. The van der Waals surface area contributed by atoms with Crippen molar-refractivity contribution in [1.29, 1.82) is 0 Å². The molecule has 1 atom stereocenters. The number of piperidine rings is 1. The minimum Gasteiger partial charge on any atom is -0.480 e. The normalized spacial score (nSPS) is 18.4. The first-order chi connectivity index (χ1) is 9.99. The smallest absolute Gasteiger partial charge is 0.323 e. The molecule has 0 aliphatic carbocycles. The number of hydrogen-bond donors (Lipinski definition) is 1. The zero-order valence-electron chi connectivity index (χ0n) is 11.9. The first-order valence-electron chi connectivity index (χ1n) is 6.81. The average Bonchev–Trinajstić information content (AvgIpc) is 2.48. The Morgan fingerprint density at radius 1 is 1.33 bits per heavy atom. The van der Waals surface area contributed by atoms with Crippen molar-refractivity contribution < 1.29 is 19.5 Å². The predicted molar refractivity (Wildman–Crippen MR) is 76.8 cm³/mol.